The van der Waals surface area contributed by atoms with Gasteiger partial charge in [-0.25, -0.2) is 18.0 Å². The molecule has 0 atom stereocenters. The molecule has 1 aromatic carbocycles. The zero-order chi connectivity index (χ0) is 10.0. The van der Waals surface area contributed by atoms with E-state index < -0.39 is 29.0 Å². The number of carbonyl (C=O) groups excluding carboxylic acids is 1. The highest BCUT2D eigenvalue weighted by molar-refractivity contribution is 5.89. The Kier molecular flexibility index (Phi) is 2.52. The zero-order valence-electron chi connectivity index (χ0n) is 6.05. The molecule has 3 nitrogen and oxygen atoms in total. The quantitative estimate of drug-likeness (QED) is 0.418. The number of hydrogen-bond acceptors (Lipinski definition) is 3. The van der Waals surface area contributed by atoms with Crippen LogP contribution in [0.3, 0.4) is 0 Å². The van der Waals surface area contributed by atoms with Gasteiger partial charge in [0.15, 0.2) is 17.5 Å². The zero-order valence-corrected chi connectivity index (χ0v) is 6.05. The van der Waals surface area contributed by atoms with Gasteiger partial charge in [-0.3, -0.25) is 4.89 Å². The first-order valence-corrected chi connectivity index (χ1v) is 3.07. The van der Waals surface area contributed by atoms with Gasteiger partial charge in [0.05, 0.1) is 0 Å². The molecule has 0 aliphatic carbocycles. The highest BCUT2D eigenvalue weighted by atomic mass is 19.2. The molecule has 0 saturated heterocycles. The molecule has 1 rings (SSSR count). The second kappa shape index (κ2) is 3.44. The van der Waals surface area contributed by atoms with Gasteiger partial charge in [-0.15, -0.1) is 0 Å². The Balaban J connectivity index is 3.26. The van der Waals surface area contributed by atoms with Gasteiger partial charge in [0, 0.05) is 0 Å². The minimum absolute atomic E-state index is 0.546. The summed E-state index contributed by atoms with van der Waals surface area (Å²) in [6.45, 7) is 0. The Bertz CT molecular complexity index is 351. The molecular formula is C7H3F3O3. The molecule has 0 aliphatic rings. The van der Waals surface area contributed by atoms with Crippen molar-refractivity contribution in [2.45, 2.75) is 0 Å². The molecule has 0 aliphatic heterocycles. The van der Waals surface area contributed by atoms with Crippen molar-refractivity contribution < 1.29 is 28.1 Å². The van der Waals surface area contributed by atoms with Gasteiger partial charge in [0.2, 0.25) is 0 Å². The first-order chi connectivity index (χ1) is 6.07. The first kappa shape index (κ1) is 9.53. The van der Waals surface area contributed by atoms with Crippen molar-refractivity contribution in [1.29, 1.82) is 0 Å². The number of rotatable bonds is 1. The second-order valence-electron chi connectivity index (χ2n) is 2.10. The summed E-state index contributed by atoms with van der Waals surface area (Å²) in [5.41, 5.74) is -0.874. The molecule has 0 fully saturated rings. The number of carbonyl (C=O) groups is 1. The van der Waals surface area contributed by atoms with E-state index in [-0.39, 0.29) is 0 Å². The van der Waals surface area contributed by atoms with Gasteiger partial charge < -0.3 is 0 Å². The lowest BCUT2D eigenvalue weighted by Crippen LogP contribution is -2.07. The van der Waals surface area contributed by atoms with E-state index in [9.17, 15) is 18.0 Å². The molecule has 13 heavy (non-hydrogen) atoms. The summed E-state index contributed by atoms with van der Waals surface area (Å²) in [5.74, 6) is -6.40. The Morgan fingerprint density at radius 2 is 1.85 bits per heavy atom. The Morgan fingerprint density at radius 3 is 2.38 bits per heavy atom. The van der Waals surface area contributed by atoms with Crippen LogP contribution in [0, 0.1) is 17.5 Å². The molecular weight excluding hydrogens is 189 g/mol. The van der Waals surface area contributed by atoms with Crippen LogP contribution in [0.1, 0.15) is 10.4 Å². The van der Waals surface area contributed by atoms with Gasteiger partial charge in [-0.1, -0.05) is 0 Å². The molecule has 0 spiro atoms. The lowest BCUT2D eigenvalue weighted by Gasteiger charge is -1.99. The van der Waals surface area contributed by atoms with E-state index in [0.717, 1.165) is 0 Å². The summed E-state index contributed by atoms with van der Waals surface area (Å²) in [7, 11) is 0. The van der Waals surface area contributed by atoms with Gasteiger partial charge in [0.1, 0.15) is 5.56 Å². The molecule has 70 valence electrons. The third-order valence-electron chi connectivity index (χ3n) is 1.34. The lowest BCUT2D eigenvalue weighted by molar-refractivity contribution is -0.183. The summed E-state index contributed by atoms with van der Waals surface area (Å²) < 4.78 is 37.4. The average Bonchev–Trinajstić information content (AvgIpc) is 2.13. The SMILES string of the molecule is O=C(OO)c1ccc(F)c(F)c1F. The summed E-state index contributed by atoms with van der Waals surface area (Å²) >= 11 is 0. The molecule has 1 N–H and O–H groups in total. The predicted octanol–water partition coefficient (Wildman–Crippen LogP) is 1.73. The third-order valence-corrected chi connectivity index (χ3v) is 1.34. The second-order valence-corrected chi connectivity index (χ2v) is 2.10. The van der Waals surface area contributed by atoms with Crippen molar-refractivity contribution in [3.63, 3.8) is 0 Å². The molecule has 6 heteroatoms. The van der Waals surface area contributed by atoms with Crippen molar-refractivity contribution in [2.24, 2.45) is 0 Å². The maximum absolute atomic E-state index is 12.7. The van der Waals surface area contributed by atoms with Crippen LogP contribution in [-0.4, -0.2) is 11.2 Å². The Labute approximate surface area is 70.3 Å². The smallest absolute Gasteiger partial charge is 0.295 e. The maximum atomic E-state index is 12.7. The Hall–Kier alpha value is -1.56. The van der Waals surface area contributed by atoms with Gasteiger partial charge in [-0.2, -0.15) is 5.26 Å². The van der Waals surface area contributed by atoms with E-state index in [1.807, 2.05) is 0 Å². The summed E-state index contributed by atoms with van der Waals surface area (Å²) in [4.78, 5) is 13.6. The van der Waals surface area contributed by atoms with Crippen LogP contribution in [0.15, 0.2) is 12.1 Å². The fourth-order valence-electron chi connectivity index (χ4n) is 0.733. The monoisotopic (exact) mass is 192 g/mol. The van der Waals surface area contributed by atoms with Crippen molar-refractivity contribution in [2.75, 3.05) is 0 Å². The topological polar surface area (TPSA) is 46.5 Å². The van der Waals surface area contributed by atoms with Crippen molar-refractivity contribution in [1.82, 2.24) is 0 Å². The normalized spacial score (nSPS) is 9.85. The molecule has 1 aromatic rings. The number of hydrogen-bond donors (Lipinski definition) is 1. The van der Waals surface area contributed by atoms with Crippen molar-refractivity contribution in [3.8, 4) is 0 Å². The minimum atomic E-state index is -1.79. The molecule has 0 radical (unpaired) electrons. The van der Waals surface area contributed by atoms with Crippen LogP contribution in [0.2, 0.25) is 0 Å². The number of benzene rings is 1. The van der Waals surface area contributed by atoms with E-state index in [1.54, 1.807) is 0 Å². The van der Waals surface area contributed by atoms with E-state index in [4.69, 9.17) is 5.26 Å². The van der Waals surface area contributed by atoms with Gasteiger partial charge >= 0.3 is 5.97 Å². The highest BCUT2D eigenvalue weighted by Gasteiger charge is 2.19. The standard InChI is InChI=1S/C7H3F3O3/c8-4-2-1-3(7(11)13-12)5(9)6(4)10/h1-2,12H. The van der Waals surface area contributed by atoms with Crippen LogP contribution < -0.4 is 0 Å². The fourth-order valence-corrected chi connectivity index (χ4v) is 0.733. The third kappa shape index (κ3) is 1.62. The summed E-state index contributed by atoms with van der Waals surface area (Å²) in [6.07, 6.45) is 0. The molecule has 0 unspecified atom stereocenters. The fraction of sp³-hybridized carbons (Fsp3) is 0. The minimum Gasteiger partial charge on any atom is -0.295 e. The van der Waals surface area contributed by atoms with Crippen LogP contribution >= 0.6 is 0 Å². The largest absolute Gasteiger partial charge is 0.375 e. The van der Waals surface area contributed by atoms with Crippen molar-refractivity contribution in [3.05, 3.63) is 35.1 Å². The van der Waals surface area contributed by atoms with Gasteiger partial charge in [-0.05, 0) is 12.1 Å². The van der Waals surface area contributed by atoms with E-state index in [0.29, 0.717) is 12.1 Å². The first-order valence-electron chi connectivity index (χ1n) is 3.07. The van der Waals surface area contributed by atoms with Crippen LogP contribution in [0.4, 0.5) is 13.2 Å². The van der Waals surface area contributed by atoms with Gasteiger partial charge in [0.25, 0.3) is 0 Å². The lowest BCUT2D eigenvalue weighted by atomic mass is 10.2. The van der Waals surface area contributed by atoms with Crippen LogP contribution in [-0.2, 0) is 4.89 Å². The molecule has 0 saturated carbocycles. The van der Waals surface area contributed by atoms with E-state index >= 15 is 0 Å². The summed E-state index contributed by atoms with van der Waals surface area (Å²) in [6, 6.07) is 1.21. The maximum Gasteiger partial charge on any atom is 0.375 e. The van der Waals surface area contributed by atoms with Crippen molar-refractivity contribution >= 4 is 5.97 Å². The van der Waals surface area contributed by atoms with E-state index in [2.05, 4.69) is 4.89 Å². The highest BCUT2D eigenvalue weighted by Crippen LogP contribution is 2.15. The molecule has 0 aromatic heterocycles. The predicted molar refractivity (Wildman–Crippen MR) is 34.4 cm³/mol. The number of halogens is 3. The van der Waals surface area contributed by atoms with Crippen LogP contribution in [0.5, 0.6) is 0 Å². The average molecular weight is 192 g/mol. The molecule has 0 amide bonds. The molecule has 0 bridgehead atoms. The summed E-state index contributed by atoms with van der Waals surface area (Å²) in [5, 5.41) is 7.84. The molecule has 0 heterocycles. The van der Waals surface area contributed by atoms with E-state index in [1.165, 1.54) is 0 Å². The van der Waals surface area contributed by atoms with Crippen LogP contribution in [0.25, 0.3) is 0 Å². The Morgan fingerprint density at radius 1 is 1.23 bits per heavy atom.